The highest BCUT2D eigenvalue weighted by molar-refractivity contribution is 14.1. The van der Waals surface area contributed by atoms with Crippen LogP contribution in [0.2, 0.25) is 0 Å². The molecule has 0 saturated carbocycles. The summed E-state index contributed by atoms with van der Waals surface area (Å²) in [6.45, 7) is 0. The van der Waals surface area contributed by atoms with E-state index in [4.69, 9.17) is 9.47 Å². The second kappa shape index (κ2) is 5.19. The standard InChI is InChI=1S/C10H11IO3/c1-13-9-6-8(11)10(14-2)5-7(9)3-4-12/h4-6H,3H2,1-2H3. The highest BCUT2D eigenvalue weighted by Gasteiger charge is 2.08. The quantitative estimate of drug-likeness (QED) is 0.631. The third kappa shape index (κ3) is 2.37. The lowest BCUT2D eigenvalue weighted by Crippen LogP contribution is -1.96. The van der Waals surface area contributed by atoms with E-state index in [0.29, 0.717) is 6.42 Å². The molecule has 0 aliphatic heterocycles. The predicted molar refractivity (Wildman–Crippen MR) is 62.0 cm³/mol. The molecule has 0 unspecified atom stereocenters. The van der Waals surface area contributed by atoms with Gasteiger partial charge in [-0.2, -0.15) is 0 Å². The number of carbonyl (C=O) groups is 1. The topological polar surface area (TPSA) is 35.5 Å². The Balaban J connectivity index is 3.17. The van der Waals surface area contributed by atoms with Crippen LogP contribution in [0, 0.1) is 3.57 Å². The summed E-state index contributed by atoms with van der Waals surface area (Å²) < 4.78 is 11.3. The minimum Gasteiger partial charge on any atom is -0.496 e. The monoisotopic (exact) mass is 306 g/mol. The number of hydrogen-bond acceptors (Lipinski definition) is 3. The molecule has 0 aliphatic rings. The number of methoxy groups -OCH3 is 2. The van der Waals surface area contributed by atoms with E-state index in [2.05, 4.69) is 22.6 Å². The first-order valence-corrected chi connectivity index (χ1v) is 5.14. The van der Waals surface area contributed by atoms with Crippen molar-refractivity contribution in [1.29, 1.82) is 0 Å². The molecule has 1 aromatic carbocycles. The Morgan fingerprint density at radius 1 is 1.29 bits per heavy atom. The number of hydrogen-bond donors (Lipinski definition) is 0. The van der Waals surface area contributed by atoms with E-state index in [9.17, 15) is 4.79 Å². The van der Waals surface area contributed by atoms with Crippen molar-refractivity contribution in [3.63, 3.8) is 0 Å². The van der Waals surface area contributed by atoms with Crippen molar-refractivity contribution < 1.29 is 14.3 Å². The molecule has 0 bridgehead atoms. The molecule has 3 nitrogen and oxygen atoms in total. The molecule has 4 heteroatoms. The largest absolute Gasteiger partial charge is 0.496 e. The summed E-state index contributed by atoms with van der Waals surface area (Å²) in [6, 6.07) is 3.69. The molecule has 1 aromatic rings. The Morgan fingerprint density at radius 2 is 1.93 bits per heavy atom. The van der Waals surface area contributed by atoms with Crippen LogP contribution in [-0.4, -0.2) is 20.5 Å². The van der Waals surface area contributed by atoms with Gasteiger partial charge < -0.3 is 14.3 Å². The first-order chi connectivity index (χ1) is 6.72. The van der Waals surface area contributed by atoms with Crippen LogP contribution in [0.25, 0.3) is 0 Å². The fraction of sp³-hybridized carbons (Fsp3) is 0.300. The zero-order chi connectivity index (χ0) is 10.6. The van der Waals surface area contributed by atoms with Crippen LogP contribution in [-0.2, 0) is 11.2 Å². The first kappa shape index (κ1) is 11.3. The smallest absolute Gasteiger partial charge is 0.132 e. The van der Waals surface area contributed by atoms with E-state index in [-0.39, 0.29) is 0 Å². The number of aldehydes is 1. The first-order valence-electron chi connectivity index (χ1n) is 4.07. The minimum atomic E-state index is 0.344. The van der Waals surface area contributed by atoms with Gasteiger partial charge in [0.2, 0.25) is 0 Å². The minimum absolute atomic E-state index is 0.344. The molecule has 1 rings (SSSR count). The Hall–Kier alpha value is -0.780. The maximum atomic E-state index is 10.4. The molecule has 14 heavy (non-hydrogen) atoms. The van der Waals surface area contributed by atoms with Crippen LogP contribution in [0.4, 0.5) is 0 Å². The molecule has 0 heterocycles. The Bertz CT molecular complexity index is 336. The number of carbonyl (C=O) groups excluding carboxylic acids is 1. The van der Waals surface area contributed by atoms with Gasteiger partial charge in [0.05, 0.1) is 17.8 Å². The highest BCUT2D eigenvalue weighted by atomic mass is 127. The van der Waals surface area contributed by atoms with Crippen molar-refractivity contribution in [1.82, 2.24) is 0 Å². The van der Waals surface area contributed by atoms with E-state index < -0.39 is 0 Å². The molecule has 76 valence electrons. The van der Waals surface area contributed by atoms with Crippen molar-refractivity contribution in [2.24, 2.45) is 0 Å². The highest BCUT2D eigenvalue weighted by Crippen LogP contribution is 2.29. The lowest BCUT2D eigenvalue weighted by molar-refractivity contribution is -0.107. The number of rotatable bonds is 4. The van der Waals surface area contributed by atoms with Crippen LogP contribution in [0.1, 0.15) is 5.56 Å². The summed E-state index contributed by atoms with van der Waals surface area (Å²) in [7, 11) is 3.20. The fourth-order valence-electron chi connectivity index (χ4n) is 1.17. The summed E-state index contributed by atoms with van der Waals surface area (Å²) in [4.78, 5) is 10.4. The lowest BCUT2D eigenvalue weighted by atomic mass is 10.1. The van der Waals surface area contributed by atoms with Crippen molar-refractivity contribution in [2.45, 2.75) is 6.42 Å². The van der Waals surface area contributed by atoms with E-state index in [1.165, 1.54) is 0 Å². The van der Waals surface area contributed by atoms with E-state index in [1.807, 2.05) is 12.1 Å². The number of benzene rings is 1. The lowest BCUT2D eigenvalue weighted by Gasteiger charge is -2.10. The number of halogens is 1. The SMILES string of the molecule is COc1cc(CC=O)c(OC)cc1I. The van der Waals surface area contributed by atoms with Crippen LogP contribution in [0.5, 0.6) is 11.5 Å². The third-order valence-corrected chi connectivity index (χ3v) is 2.70. The fourth-order valence-corrected chi connectivity index (χ4v) is 1.83. The molecule has 0 spiro atoms. The molecule has 0 aliphatic carbocycles. The molecular formula is C10H11IO3. The molecule has 0 N–H and O–H groups in total. The van der Waals surface area contributed by atoms with Gasteiger partial charge in [-0.25, -0.2) is 0 Å². The van der Waals surface area contributed by atoms with Crippen molar-refractivity contribution in [3.05, 3.63) is 21.3 Å². The average molecular weight is 306 g/mol. The van der Waals surface area contributed by atoms with Crippen LogP contribution >= 0.6 is 22.6 Å². The van der Waals surface area contributed by atoms with Gasteiger partial charge >= 0.3 is 0 Å². The second-order valence-corrected chi connectivity index (χ2v) is 3.83. The Kier molecular flexibility index (Phi) is 4.19. The summed E-state index contributed by atoms with van der Waals surface area (Å²) in [5.74, 6) is 1.49. The molecular weight excluding hydrogens is 295 g/mol. The predicted octanol–water partition coefficient (Wildman–Crippen LogP) is 2.05. The Labute approximate surface area is 96.5 Å². The molecule has 0 aromatic heterocycles. The maximum Gasteiger partial charge on any atom is 0.132 e. The van der Waals surface area contributed by atoms with Gasteiger partial charge in [0.25, 0.3) is 0 Å². The molecule has 0 radical (unpaired) electrons. The normalized spacial score (nSPS) is 9.64. The maximum absolute atomic E-state index is 10.4. The molecule has 0 fully saturated rings. The molecule has 0 saturated heterocycles. The van der Waals surface area contributed by atoms with Gasteiger partial charge in [-0.15, -0.1) is 0 Å². The van der Waals surface area contributed by atoms with E-state index >= 15 is 0 Å². The third-order valence-electron chi connectivity index (χ3n) is 1.86. The average Bonchev–Trinajstić information content (AvgIpc) is 2.20. The summed E-state index contributed by atoms with van der Waals surface area (Å²) in [6.07, 6.45) is 1.20. The summed E-state index contributed by atoms with van der Waals surface area (Å²) in [5.41, 5.74) is 0.847. The van der Waals surface area contributed by atoms with Crippen LogP contribution < -0.4 is 9.47 Å². The zero-order valence-electron chi connectivity index (χ0n) is 8.04. The van der Waals surface area contributed by atoms with Crippen molar-refractivity contribution >= 4 is 28.9 Å². The Morgan fingerprint density at radius 3 is 2.43 bits per heavy atom. The van der Waals surface area contributed by atoms with Crippen LogP contribution in [0.15, 0.2) is 12.1 Å². The summed E-state index contributed by atoms with van der Waals surface area (Å²) in [5, 5.41) is 0. The van der Waals surface area contributed by atoms with Crippen LogP contribution in [0.3, 0.4) is 0 Å². The van der Waals surface area contributed by atoms with Gasteiger partial charge in [-0.1, -0.05) is 0 Å². The van der Waals surface area contributed by atoms with Gasteiger partial charge in [0.1, 0.15) is 17.8 Å². The number of ether oxygens (including phenoxy) is 2. The molecule has 0 amide bonds. The van der Waals surface area contributed by atoms with E-state index in [0.717, 1.165) is 26.9 Å². The van der Waals surface area contributed by atoms with Gasteiger partial charge in [-0.05, 0) is 34.7 Å². The zero-order valence-corrected chi connectivity index (χ0v) is 10.2. The van der Waals surface area contributed by atoms with Gasteiger partial charge in [0.15, 0.2) is 0 Å². The summed E-state index contributed by atoms with van der Waals surface area (Å²) >= 11 is 2.16. The second-order valence-electron chi connectivity index (χ2n) is 2.67. The van der Waals surface area contributed by atoms with Crippen molar-refractivity contribution in [3.8, 4) is 11.5 Å². The van der Waals surface area contributed by atoms with Gasteiger partial charge in [-0.3, -0.25) is 0 Å². The van der Waals surface area contributed by atoms with Gasteiger partial charge in [0, 0.05) is 12.0 Å². The van der Waals surface area contributed by atoms with Crippen molar-refractivity contribution in [2.75, 3.05) is 14.2 Å². The van der Waals surface area contributed by atoms with E-state index in [1.54, 1.807) is 14.2 Å². The molecule has 0 atom stereocenters.